The number of hydrogen-bond donors (Lipinski definition) is 1. The van der Waals surface area contributed by atoms with Crippen molar-refractivity contribution in [2.75, 3.05) is 26.4 Å². The van der Waals surface area contributed by atoms with Crippen molar-refractivity contribution in [2.45, 2.75) is 25.3 Å². The van der Waals surface area contributed by atoms with Gasteiger partial charge in [0.25, 0.3) is 0 Å². The molecule has 1 aromatic rings. The summed E-state index contributed by atoms with van der Waals surface area (Å²) in [6.45, 7) is 1.12. The van der Waals surface area contributed by atoms with E-state index in [4.69, 9.17) is 9.47 Å². The van der Waals surface area contributed by atoms with Crippen LogP contribution in [0.5, 0.6) is 0 Å². The molecule has 0 aliphatic carbocycles. The van der Waals surface area contributed by atoms with Crippen molar-refractivity contribution >= 4 is 12.0 Å². The quantitative estimate of drug-likeness (QED) is 0.886. The van der Waals surface area contributed by atoms with Crippen molar-refractivity contribution in [3.8, 4) is 0 Å². The maximum atomic E-state index is 12.9. The van der Waals surface area contributed by atoms with E-state index in [1.54, 1.807) is 0 Å². The Bertz CT molecular complexity index is 570. The number of benzene rings is 1. The average Bonchev–Trinajstić information content (AvgIpc) is 2.97. The molecule has 3 rings (SSSR count). The van der Waals surface area contributed by atoms with Gasteiger partial charge in [-0.1, -0.05) is 30.3 Å². The highest BCUT2D eigenvalue weighted by Crippen LogP contribution is 2.28. The van der Waals surface area contributed by atoms with E-state index in [9.17, 15) is 14.7 Å². The number of nitrogens with zero attached hydrogens (tertiary/aromatic N) is 1. The van der Waals surface area contributed by atoms with E-state index in [1.165, 1.54) is 4.90 Å². The van der Waals surface area contributed by atoms with Gasteiger partial charge in [-0.05, 0) is 30.7 Å². The minimum Gasteiger partial charge on any atom is -0.447 e. The molecule has 2 amide bonds. The molecular formula is C18H23NO5. The summed E-state index contributed by atoms with van der Waals surface area (Å²) >= 11 is 0. The summed E-state index contributed by atoms with van der Waals surface area (Å²) in [6, 6.07) is 9.40. The number of rotatable bonds is 5. The Morgan fingerprint density at radius 3 is 2.62 bits per heavy atom. The van der Waals surface area contributed by atoms with Crippen LogP contribution in [0.1, 0.15) is 18.4 Å². The Morgan fingerprint density at radius 1 is 1.25 bits per heavy atom. The molecule has 1 aromatic carbocycles. The Morgan fingerprint density at radius 2 is 1.96 bits per heavy atom. The summed E-state index contributed by atoms with van der Waals surface area (Å²) in [6.07, 6.45) is 1.41. The second-order valence-electron chi connectivity index (χ2n) is 6.37. The highest BCUT2D eigenvalue weighted by molar-refractivity contribution is 5.95. The number of cyclic esters (lactones) is 1. The fourth-order valence-electron chi connectivity index (χ4n) is 3.49. The molecular weight excluding hydrogens is 310 g/mol. The first-order valence-electron chi connectivity index (χ1n) is 8.43. The van der Waals surface area contributed by atoms with Crippen LogP contribution in [0.3, 0.4) is 0 Å². The van der Waals surface area contributed by atoms with E-state index < -0.39 is 12.0 Å². The maximum Gasteiger partial charge on any atom is 0.416 e. The molecule has 0 bridgehead atoms. The Labute approximate surface area is 141 Å². The van der Waals surface area contributed by atoms with Gasteiger partial charge >= 0.3 is 6.09 Å². The largest absolute Gasteiger partial charge is 0.447 e. The van der Waals surface area contributed by atoms with Gasteiger partial charge in [0.1, 0.15) is 6.61 Å². The van der Waals surface area contributed by atoms with E-state index in [1.807, 2.05) is 30.3 Å². The Hall–Kier alpha value is -1.92. The van der Waals surface area contributed by atoms with Gasteiger partial charge in [-0.3, -0.25) is 4.79 Å². The number of aliphatic hydroxyl groups is 1. The zero-order valence-corrected chi connectivity index (χ0v) is 13.6. The third kappa shape index (κ3) is 3.60. The molecule has 130 valence electrons. The third-order valence-electron chi connectivity index (χ3n) is 4.86. The SMILES string of the molecule is O=C1OC[C@@H](Cc2ccccc2)N1C(=O)[C@H](CO)C1CCOCC1. The Balaban J connectivity index is 1.73. The molecule has 2 aliphatic rings. The molecule has 24 heavy (non-hydrogen) atoms. The van der Waals surface area contributed by atoms with E-state index in [0.29, 0.717) is 19.6 Å². The summed E-state index contributed by atoms with van der Waals surface area (Å²) in [5, 5.41) is 9.73. The van der Waals surface area contributed by atoms with Gasteiger partial charge in [0, 0.05) is 13.2 Å². The second kappa shape index (κ2) is 7.77. The predicted octanol–water partition coefficient (Wildman–Crippen LogP) is 1.61. The highest BCUT2D eigenvalue weighted by atomic mass is 16.6. The van der Waals surface area contributed by atoms with E-state index >= 15 is 0 Å². The molecule has 0 saturated carbocycles. The number of aliphatic hydroxyl groups excluding tert-OH is 1. The van der Waals surface area contributed by atoms with Crippen LogP contribution in [-0.2, 0) is 20.7 Å². The molecule has 1 N–H and O–H groups in total. The van der Waals surface area contributed by atoms with Crippen molar-refractivity contribution in [2.24, 2.45) is 11.8 Å². The van der Waals surface area contributed by atoms with Gasteiger partial charge in [0.05, 0.1) is 18.6 Å². The number of carbonyl (C=O) groups excluding carboxylic acids is 2. The van der Waals surface area contributed by atoms with Crippen LogP contribution in [0.15, 0.2) is 30.3 Å². The lowest BCUT2D eigenvalue weighted by Gasteiger charge is -2.31. The summed E-state index contributed by atoms with van der Waals surface area (Å²) in [7, 11) is 0. The topological polar surface area (TPSA) is 76.1 Å². The van der Waals surface area contributed by atoms with Crippen molar-refractivity contribution in [1.29, 1.82) is 0 Å². The molecule has 2 atom stereocenters. The van der Waals surface area contributed by atoms with Crippen molar-refractivity contribution in [1.82, 2.24) is 4.90 Å². The fourth-order valence-corrected chi connectivity index (χ4v) is 3.49. The van der Waals surface area contributed by atoms with Crippen molar-refractivity contribution in [3.63, 3.8) is 0 Å². The molecule has 2 saturated heterocycles. The second-order valence-corrected chi connectivity index (χ2v) is 6.37. The third-order valence-corrected chi connectivity index (χ3v) is 4.86. The first-order valence-corrected chi connectivity index (χ1v) is 8.43. The fraction of sp³-hybridized carbons (Fsp3) is 0.556. The summed E-state index contributed by atoms with van der Waals surface area (Å²) in [5.41, 5.74) is 1.05. The van der Waals surface area contributed by atoms with Crippen LogP contribution >= 0.6 is 0 Å². The average molecular weight is 333 g/mol. The maximum absolute atomic E-state index is 12.9. The molecule has 0 spiro atoms. The monoisotopic (exact) mass is 333 g/mol. The molecule has 0 unspecified atom stereocenters. The first kappa shape index (κ1) is 16.9. The normalized spacial score (nSPS) is 23.1. The summed E-state index contributed by atoms with van der Waals surface area (Å²) in [5.74, 6) is -0.854. The van der Waals surface area contributed by atoms with Crippen LogP contribution in [0.2, 0.25) is 0 Å². The zero-order valence-electron chi connectivity index (χ0n) is 13.6. The summed E-state index contributed by atoms with van der Waals surface area (Å²) in [4.78, 5) is 26.2. The minimum atomic E-state index is -0.605. The predicted molar refractivity (Wildman–Crippen MR) is 86.2 cm³/mol. The first-order chi connectivity index (χ1) is 11.7. The highest BCUT2D eigenvalue weighted by Gasteiger charge is 2.42. The van der Waals surface area contributed by atoms with Gasteiger partial charge in [-0.2, -0.15) is 0 Å². The van der Waals surface area contributed by atoms with Crippen LogP contribution in [0.25, 0.3) is 0 Å². The van der Waals surface area contributed by atoms with Crippen molar-refractivity contribution < 1.29 is 24.2 Å². The lowest BCUT2D eigenvalue weighted by molar-refractivity contribution is -0.138. The van der Waals surface area contributed by atoms with Crippen LogP contribution in [0, 0.1) is 11.8 Å². The minimum absolute atomic E-state index is 0.0435. The molecule has 6 nitrogen and oxygen atoms in total. The van der Waals surface area contributed by atoms with Gasteiger partial charge in [0.2, 0.25) is 5.91 Å². The van der Waals surface area contributed by atoms with Crippen LogP contribution < -0.4 is 0 Å². The van der Waals surface area contributed by atoms with Crippen molar-refractivity contribution in [3.05, 3.63) is 35.9 Å². The Kier molecular flexibility index (Phi) is 5.48. The molecule has 0 radical (unpaired) electrons. The standard InChI is InChI=1S/C18H23NO5/c20-11-16(14-6-8-23-9-7-14)17(21)19-15(12-24-18(19)22)10-13-4-2-1-3-5-13/h1-5,14-16,20H,6-12H2/t15-,16-/m1/s1. The van der Waals surface area contributed by atoms with Gasteiger partial charge < -0.3 is 14.6 Å². The smallest absolute Gasteiger partial charge is 0.416 e. The van der Waals surface area contributed by atoms with Crippen LogP contribution in [0.4, 0.5) is 4.79 Å². The van der Waals surface area contributed by atoms with Gasteiger partial charge in [0.15, 0.2) is 0 Å². The molecule has 0 aromatic heterocycles. The van der Waals surface area contributed by atoms with Gasteiger partial charge in [-0.25, -0.2) is 9.69 Å². The number of ether oxygens (including phenoxy) is 2. The number of carbonyl (C=O) groups is 2. The lowest BCUT2D eigenvalue weighted by atomic mass is 9.85. The number of imide groups is 1. The molecule has 2 heterocycles. The number of amides is 2. The lowest BCUT2D eigenvalue weighted by Crippen LogP contribution is -2.47. The molecule has 6 heteroatoms. The van der Waals surface area contributed by atoms with E-state index in [0.717, 1.165) is 18.4 Å². The summed E-state index contributed by atoms with van der Waals surface area (Å²) < 4.78 is 10.4. The molecule has 2 aliphatic heterocycles. The number of hydrogen-bond acceptors (Lipinski definition) is 5. The molecule has 2 fully saturated rings. The van der Waals surface area contributed by atoms with E-state index in [2.05, 4.69) is 0 Å². The van der Waals surface area contributed by atoms with Crippen LogP contribution in [-0.4, -0.2) is 54.5 Å². The van der Waals surface area contributed by atoms with E-state index in [-0.39, 0.29) is 31.1 Å². The van der Waals surface area contributed by atoms with Gasteiger partial charge in [-0.15, -0.1) is 0 Å². The zero-order chi connectivity index (χ0) is 16.9.